The third kappa shape index (κ3) is 3.44. The van der Waals surface area contributed by atoms with Gasteiger partial charge in [0.25, 0.3) is 0 Å². The maximum absolute atomic E-state index is 5.43. The third-order valence-corrected chi connectivity index (χ3v) is 2.40. The Labute approximate surface area is 98.2 Å². The number of nitrogens with one attached hydrogen (secondary N) is 2. The molecule has 2 heterocycles. The minimum absolute atomic E-state index is 0.371. The van der Waals surface area contributed by atoms with E-state index in [9.17, 15) is 0 Å². The highest BCUT2D eigenvalue weighted by Gasteiger charge is 2.02. The van der Waals surface area contributed by atoms with E-state index >= 15 is 0 Å². The SMILES string of the molecule is Nc1nc(CCCCCc2n[nH]c(N)n2)n[nH]1. The quantitative estimate of drug-likeness (QED) is 0.523. The molecule has 0 aliphatic carbocycles. The van der Waals surface area contributed by atoms with Crippen LogP contribution in [0, 0.1) is 0 Å². The Morgan fingerprint density at radius 3 is 1.59 bits per heavy atom. The van der Waals surface area contributed by atoms with E-state index in [1.807, 2.05) is 0 Å². The molecule has 0 saturated carbocycles. The van der Waals surface area contributed by atoms with Crippen molar-refractivity contribution in [2.75, 3.05) is 11.5 Å². The number of nitrogens with two attached hydrogens (primary N) is 2. The number of rotatable bonds is 6. The topological polar surface area (TPSA) is 135 Å². The molecular weight excluding hydrogens is 220 g/mol. The summed E-state index contributed by atoms with van der Waals surface area (Å²) in [7, 11) is 0. The van der Waals surface area contributed by atoms with Gasteiger partial charge in [0.1, 0.15) is 0 Å². The number of nitrogen functional groups attached to an aromatic ring is 2. The van der Waals surface area contributed by atoms with Gasteiger partial charge in [0.05, 0.1) is 0 Å². The number of aryl methyl sites for hydroxylation is 2. The van der Waals surface area contributed by atoms with E-state index in [0.717, 1.165) is 43.8 Å². The van der Waals surface area contributed by atoms with Crippen LogP contribution in [0.3, 0.4) is 0 Å². The molecule has 2 aromatic rings. The van der Waals surface area contributed by atoms with E-state index in [4.69, 9.17) is 11.5 Å². The highest BCUT2D eigenvalue weighted by Crippen LogP contribution is 2.06. The summed E-state index contributed by atoms with van der Waals surface area (Å²) >= 11 is 0. The fourth-order valence-corrected chi connectivity index (χ4v) is 1.59. The van der Waals surface area contributed by atoms with Gasteiger partial charge in [0.2, 0.25) is 11.9 Å². The molecule has 0 aromatic carbocycles. The van der Waals surface area contributed by atoms with Gasteiger partial charge in [-0.2, -0.15) is 20.2 Å². The zero-order chi connectivity index (χ0) is 12.1. The molecule has 0 aliphatic rings. The average Bonchev–Trinajstić information content (AvgIpc) is 2.88. The van der Waals surface area contributed by atoms with Crippen molar-refractivity contribution in [2.24, 2.45) is 0 Å². The molecule has 2 rings (SSSR count). The predicted octanol–water partition coefficient (Wildman–Crippen LogP) is 0.0427. The number of nitrogens with zero attached hydrogens (tertiary/aromatic N) is 4. The highest BCUT2D eigenvalue weighted by atomic mass is 15.3. The van der Waals surface area contributed by atoms with E-state index in [1.165, 1.54) is 0 Å². The van der Waals surface area contributed by atoms with Gasteiger partial charge in [-0.15, -0.1) is 0 Å². The Balaban J connectivity index is 1.60. The van der Waals surface area contributed by atoms with Crippen LogP contribution in [0.1, 0.15) is 30.9 Å². The van der Waals surface area contributed by atoms with Crippen LogP contribution in [-0.2, 0) is 12.8 Å². The summed E-state index contributed by atoms with van der Waals surface area (Å²) in [4.78, 5) is 8.07. The first-order valence-corrected chi connectivity index (χ1v) is 5.57. The Morgan fingerprint density at radius 1 is 0.765 bits per heavy atom. The maximum Gasteiger partial charge on any atom is 0.216 e. The van der Waals surface area contributed by atoms with E-state index in [2.05, 4.69) is 30.4 Å². The number of aromatic nitrogens is 6. The molecule has 8 heteroatoms. The first kappa shape index (κ1) is 11.4. The Hall–Kier alpha value is -2.12. The molecule has 0 unspecified atom stereocenters. The molecule has 0 amide bonds. The van der Waals surface area contributed by atoms with Crippen LogP contribution in [0.2, 0.25) is 0 Å². The lowest BCUT2D eigenvalue weighted by atomic mass is 10.1. The van der Waals surface area contributed by atoms with Gasteiger partial charge < -0.3 is 11.5 Å². The van der Waals surface area contributed by atoms with Gasteiger partial charge in [0.15, 0.2) is 11.6 Å². The second kappa shape index (κ2) is 5.28. The Kier molecular flexibility index (Phi) is 3.53. The largest absolute Gasteiger partial charge is 0.368 e. The van der Waals surface area contributed by atoms with Crippen LogP contribution < -0.4 is 11.5 Å². The van der Waals surface area contributed by atoms with Crippen LogP contribution >= 0.6 is 0 Å². The lowest BCUT2D eigenvalue weighted by Gasteiger charge is -1.96. The summed E-state index contributed by atoms with van der Waals surface area (Å²) in [6.07, 6.45) is 4.80. The Morgan fingerprint density at radius 2 is 1.24 bits per heavy atom. The van der Waals surface area contributed by atoms with Gasteiger partial charge in [-0.05, 0) is 12.8 Å². The molecule has 0 aliphatic heterocycles. The lowest BCUT2D eigenvalue weighted by molar-refractivity contribution is 0.651. The number of aromatic amines is 2. The molecule has 0 saturated heterocycles. The molecule has 2 aromatic heterocycles. The van der Waals surface area contributed by atoms with Crippen molar-refractivity contribution < 1.29 is 0 Å². The van der Waals surface area contributed by atoms with Crippen LogP contribution in [-0.4, -0.2) is 30.4 Å². The highest BCUT2D eigenvalue weighted by molar-refractivity contribution is 5.13. The summed E-state index contributed by atoms with van der Waals surface area (Å²) in [5.74, 6) is 2.28. The van der Waals surface area contributed by atoms with E-state index in [1.54, 1.807) is 0 Å². The summed E-state index contributed by atoms with van der Waals surface area (Å²) < 4.78 is 0. The maximum atomic E-state index is 5.43. The number of unbranched alkanes of at least 4 members (excludes halogenated alkanes) is 2. The van der Waals surface area contributed by atoms with Crippen LogP contribution in [0.25, 0.3) is 0 Å². The zero-order valence-electron chi connectivity index (χ0n) is 9.48. The molecule has 17 heavy (non-hydrogen) atoms. The second-order valence-electron chi connectivity index (χ2n) is 3.83. The molecule has 0 bridgehead atoms. The van der Waals surface area contributed by atoms with Crippen molar-refractivity contribution in [3.63, 3.8) is 0 Å². The summed E-state index contributed by atoms with van der Waals surface area (Å²) in [5, 5.41) is 13.2. The number of H-pyrrole nitrogens is 2. The van der Waals surface area contributed by atoms with Crippen molar-refractivity contribution in [2.45, 2.75) is 32.1 Å². The van der Waals surface area contributed by atoms with Gasteiger partial charge in [-0.25, -0.2) is 10.2 Å². The van der Waals surface area contributed by atoms with Crippen molar-refractivity contribution in [3.05, 3.63) is 11.6 Å². The number of hydrogen-bond acceptors (Lipinski definition) is 6. The smallest absolute Gasteiger partial charge is 0.216 e. The van der Waals surface area contributed by atoms with E-state index < -0.39 is 0 Å². The van der Waals surface area contributed by atoms with Gasteiger partial charge in [-0.1, -0.05) is 6.42 Å². The molecule has 0 atom stereocenters. The molecule has 92 valence electrons. The van der Waals surface area contributed by atoms with E-state index in [0.29, 0.717) is 11.9 Å². The van der Waals surface area contributed by atoms with Crippen LogP contribution in [0.5, 0.6) is 0 Å². The standard InChI is InChI=1S/C9H16N8/c10-8-12-6(14-16-8)4-2-1-3-5-7-13-9(11)17-15-7/h1-5H2,(H3,10,12,14,16)(H3,11,13,15,17). The normalized spacial score (nSPS) is 10.8. The minimum atomic E-state index is 0.371. The van der Waals surface area contributed by atoms with Crippen molar-refractivity contribution in [1.29, 1.82) is 0 Å². The fourth-order valence-electron chi connectivity index (χ4n) is 1.59. The predicted molar refractivity (Wildman–Crippen MR) is 62.8 cm³/mol. The number of anilines is 2. The van der Waals surface area contributed by atoms with Crippen molar-refractivity contribution in [1.82, 2.24) is 30.4 Å². The van der Waals surface area contributed by atoms with Crippen LogP contribution in [0.4, 0.5) is 11.9 Å². The zero-order valence-corrected chi connectivity index (χ0v) is 9.48. The third-order valence-electron chi connectivity index (χ3n) is 2.40. The molecule has 0 spiro atoms. The second-order valence-corrected chi connectivity index (χ2v) is 3.83. The fraction of sp³-hybridized carbons (Fsp3) is 0.556. The molecule has 0 radical (unpaired) electrons. The molecule has 0 fully saturated rings. The monoisotopic (exact) mass is 236 g/mol. The molecule has 8 nitrogen and oxygen atoms in total. The van der Waals surface area contributed by atoms with Crippen molar-refractivity contribution >= 4 is 11.9 Å². The summed E-state index contributed by atoms with van der Waals surface area (Å²) in [6.45, 7) is 0. The molecule has 6 N–H and O–H groups in total. The van der Waals surface area contributed by atoms with Gasteiger partial charge in [-0.3, -0.25) is 0 Å². The first-order chi connectivity index (χ1) is 8.24. The first-order valence-electron chi connectivity index (χ1n) is 5.57. The van der Waals surface area contributed by atoms with Gasteiger partial charge >= 0.3 is 0 Å². The van der Waals surface area contributed by atoms with E-state index in [-0.39, 0.29) is 0 Å². The summed E-state index contributed by atoms with van der Waals surface area (Å²) in [5.41, 5.74) is 10.9. The number of hydrogen-bond donors (Lipinski definition) is 4. The van der Waals surface area contributed by atoms with Crippen LogP contribution in [0.15, 0.2) is 0 Å². The Bertz CT molecular complexity index is 417. The lowest BCUT2D eigenvalue weighted by Crippen LogP contribution is -1.93. The van der Waals surface area contributed by atoms with Gasteiger partial charge in [0, 0.05) is 12.8 Å². The molecular formula is C9H16N8. The average molecular weight is 236 g/mol. The van der Waals surface area contributed by atoms with Crippen molar-refractivity contribution in [3.8, 4) is 0 Å². The summed E-state index contributed by atoms with van der Waals surface area (Å²) in [6, 6.07) is 0. The minimum Gasteiger partial charge on any atom is -0.368 e.